The number of carbonyl (C=O) groups is 1. The molecule has 0 bridgehead atoms. The zero-order valence-electron chi connectivity index (χ0n) is 12.7. The number of carbonyl (C=O) groups excluding carboxylic acids is 1. The van der Waals surface area contributed by atoms with Crippen LogP contribution in [0.2, 0.25) is 5.02 Å². The molecule has 5 nitrogen and oxygen atoms in total. The third kappa shape index (κ3) is 4.79. The van der Waals surface area contributed by atoms with Gasteiger partial charge in [0.2, 0.25) is 15.9 Å². The summed E-state index contributed by atoms with van der Waals surface area (Å²) in [6.45, 7) is 3.35. The highest BCUT2D eigenvalue weighted by atomic mass is 35.5. The van der Waals surface area contributed by atoms with Crippen molar-refractivity contribution in [2.75, 3.05) is 5.32 Å². The van der Waals surface area contributed by atoms with Crippen molar-refractivity contribution in [3.05, 3.63) is 59.1 Å². The summed E-state index contributed by atoms with van der Waals surface area (Å²) in [4.78, 5) is 12.2. The highest BCUT2D eigenvalue weighted by Gasteiger charge is 2.22. The average Bonchev–Trinajstić information content (AvgIpc) is 2.49. The molecule has 0 aromatic heterocycles. The van der Waals surface area contributed by atoms with Gasteiger partial charge >= 0.3 is 0 Å². The molecule has 0 aliphatic carbocycles. The molecule has 23 heavy (non-hydrogen) atoms. The number of hydrogen-bond acceptors (Lipinski definition) is 3. The van der Waals surface area contributed by atoms with Crippen molar-refractivity contribution in [2.45, 2.75) is 24.8 Å². The zero-order chi connectivity index (χ0) is 17.0. The number of rotatable bonds is 5. The molecule has 122 valence electrons. The number of sulfonamides is 1. The lowest BCUT2D eigenvalue weighted by molar-refractivity contribution is -0.117. The van der Waals surface area contributed by atoms with E-state index in [2.05, 4.69) is 10.0 Å². The van der Waals surface area contributed by atoms with Crippen LogP contribution in [0.3, 0.4) is 0 Å². The Balaban J connectivity index is 2.05. The summed E-state index contributed by atoms with van der Waals surface area (Å²) in [7, 11) is -3.75. The van der Waals surface area contributed by atoms with Gasteiger partial charge in [-0.3, -0.25) is 4.79 Å². The lowest BCUT2D eigenvalue weighted by Gasteiger charge is -2.14. The van der Waals surface area contributed by atoms with Crippen molar-refractivity contribution in [1.29, 1.82) is 0 Å². The van der Waals surface area contributed by atoms with E-state index in [1.807, 2.05) is 6.92 Å². The van der Waals surface area contributed by atoms with Gasteiger partial charge in [0.25, 0.3) is 0 Å². The number of halogens is 1. The molecular formula is C16H17ClN2O3S. The quantitative estimate of drug-likeness (QED) is 0.868. The predicted molar refractivity (Wildman–Crippen MR) is 91.0 cm³/mol. The van der Waals surface area contributed by atoms with Gasteiger partial charge in [0.15, 0.2) is 0 Å². The molecule has 0 saturated heterocycles. The van der Waals surface area contributed by atoms with Gasteiger partial charge in [-0.2, -0.15) is 4.72 Å². The minimum Gasteiger partial charge on any atom is -0.325 e. The molecule has 0 spiro atoms. The Hall–Kier alpha value is -1.89. The van der Waals surface area contributed by atoms with Gasteiger partial charge in [-0.1, -0.05) is 29.3 Å². The van der Waals surface area contributed by atoms with Gasteiger partial charge < -0.3 is 5.32 Å². The SMILES string of the molecule is Cc1ccc(S(=O)(=O)N[C@@H](C)C(=O)Nc2ccc(Cl)cc2)cc1. The highest BCUT2D eigenvalue weighted by molar-refractivity contribution is 7.89. The number of anilines is 1. The van der Waals surface area contributed by atoms with Gasteiger partial charge in [0.05, 0.1) is 10.9 Å². The monoisotopic (exact) mass is 352 g/mol. The normalized spacial score (nSPS) is 12.7. The summed E-state index contributed by atoms with van der Waals surface area (Å²) < 4.78 is 26.9. The molecule has 2 aromatic rings. The third-order valence-corrected chi connectivity index (χ3v) is 4.98. The summed E-state index contributed by atoms with van der Waals surface area (Å²) >= 11 is 5.77. The number of amides is 1. The first kappa shape index (κ1) is 17.5. The summed E-state index contributed by atoms with van der Waals surface area (Å²) in [6.07, 6.45) is 0. The van der Waals surface area contributed by atoms with Crippen molar-refractivity contribution in [2.24, 2.45) is 0 Å². The Kier molecular flexibility index (Phi) is 5.41. The highest BCUT2D eigenvalue weighted by Crippen LogP contribution is 2.14. The molecule has 0 saturated carbocycles. The van der Waals surface area contributed by atoms with Gasteiger partial charge in [-0.25, -0.2) is 8.42 Å². The minimum absolute atomic E-state index is 0.120. The van der Waals surface area contributed by atoms with E-state index >= 15 is 0 Å². The Morgan fingerprint density at radius 2 is 1.61 bits per heavy atom. The second-order valence-corrected chi connectivity index (χ2v) is 7.30. The maximum atomic E-state index is 12.2. The molecule has 1 atom stereocenters. The first-order valence-electron chi connectivity index (χ1n) is 6.93. The van der Waals surface area contributed by atoms with Crippen LogP contribution < -0.4 is 10.0 Å². The van der Waals surface area contributed by atoms with E-state index < -0.39 is 22.0 Å². The largest absolute Gasteiger partial charge is 0.325 e. The van der Waals surface area contributed by atoms with E-state index in [0.717, 1.165) is 5.56 Å². The van der Waals surface area contributed by atoms with Crippen LogP contribution in [0.15, 0.2) is 53.4 Å². The molecule has 0 fully saturated rings. The number of nitrogens with one attached hydrogen (secondary N) is 2. The van der Waals surface area contributed by atoms with Crippen molar-refractivity contribution in [3.8, 4) is 0 Å². The lowest BCUT2D eigenvalue weighted by atomic mass is 10.2. The van der Waals surface area contributed by atoms with Crippen molar-refractivity contribution in [3.63, 3.8) is 0 Å². The third-order valence-electron chi connectivity index (χ3n) is 3.17. The van der Waals surface area contributed by atoms with Crippen LogP contribution in [0.25, 0.3) is 0 Å². The molecule has 0 aliphatic heterocycles. The summed E-state index contributed by atoms with van der Waals surface area (Å²) in [6, 6.07) is 12.0. The van der Waals surface area contributed by atoms with Gasteiger partial charge in [0.1, 0.15) is 0 Å². The predicted octanol–water partition coefficient (Wildman–Crippen LogP) is 2.95. The van der Waals surface area contributed by atoms with Gasteiger partial charge in [-0.05, 0) is 50.2 Å². The van der Waals surface area contributed by atoms with Crippen molar-refractivity contribution < 1.29 is 13.2 Å². The second-order valence-electron chi connectivity index (χ2n) is 5.15. The molecule has 0 unspecified atom stereocenters. The standard InChI is InChI=1S/C16H17ClN2O3S/c1-11-3-9-15(10-4-11)23(21,22)19-12(2)16(20)18-14-7-5-13(17)6-8-14/h3-10,12,19H,1-2H3,(H,18,20)/t12-/m0/s1. The second kappa shape index (κ2) is 7.12. The topological polar surface area (TPSA) is 75.3 Å². The fourth-order valence-corrected chi connectivity index (χ4v) is 3.18. The Morgan fingerprint density at radius 3 is 2.17 bits per heavy atom. The number of aryl methyl sites for hydroxylation is 1. The van der Waals surface area contributed by atoms with E-state index in [1.165, 1.54) is 19.1 Å². The molecule has 2 N–H and O–H groups in total. The maximum absolute atomic E-state index is 12.2. The maximum Gasteiger partial charge on any atom is 0.242 e. The van der Waals surface area contributed by atoms with Crippen LogP contribution >= 0.6 is 11.6 Å². The molecule has 1 amide bonds. The Morgan fingerprint density at radius 1 is 1.04 bits per heavy atom. The van der Waals surface area contributed by atoms with Crippen molar-refractivity contribution >= 4 is 33.2 Å². The molecule has 2 rings (SSSR count). The first-order chi connectivity index (χ1) is 10.8. The molecule has 2 aromatic carbocycles. The Bertz CT molecular complexity index is 787. The van der Waals surface area contributed by atoms with Crippen LogP contribution in [0, 0.1) is 6.92 Å². The molecule has 0 heterocycles. The first-order valence-corrected chi connectivity index (χ1v) is 8.79. The minimum atomic E-state index is -3.75. The smallest absolute Gasteiger partial charge is 0.242 e. The number of benzene rings is 2. The fourth-order valence-electron chi connectivity index (χ4n) is 1.86. The molecule has 0 radical (unpaired) electrons. The van der Waals surface area contributed by atoms with Crippen LogP contribution in [-0.4, -0.2) is 20.4 Å². The van der Waals surface area contributed by atoms with Gasteiger partial charge in [0, 0.05) is 10.7 Å². The molecule has 7 heteroatoms. The van der Waals surface area contributed by atoms with E-state index in [9.17, 15) is 13.2 Å². The average molecular weight is 353 g/mol. The molecule has 0 aliphatic rings. The van der Waals surface area contributed by atoms with E-state index in [1.54, 1.807) is 36.4 Å². The summed E-state index contributed by atoms with van der Waals surface area (Å²) in [5, 5.41) is 3.18. The summed E-state index contributed by atoms with van der Waals surface area (Å²) in [5.41, 5.74) is 1.50. The summed E-state index contributed by atoms with van der Waals surface area (Å²) in [5.74, 6) is -0.456. The van der Waals surface area contributed by atoms with E-state index in [-0.39, 0.29) is 4.90 Å². The zero-order valence-corrected chi connectivity index (χ0v) is 14.3. The lowest BCUT2D eigenvalue weighted by Crippen LogP contribution is -2.41. The van der Waals surface area contributed by atoms with Crippen molar-refractivity contribution in [1.82, 2.24) is 4.72 Å². The van der Waals surface area contributed by atoms with Crippen LogP contribution in [0.1, 0.15) is 12.5 Å². The van der Waals surface area contributed by atoms with Crippen LogP contribution in [-0.2, 0) is 14.8 Å². The van der Waals surface area contributed by atoms with Crippen LogP contribution in [0.4, 0.5) is 5.69 Å². The van der Waals surface area contributed by atoms with Gasteiger partial charge in [-0.15, -0.1) is 0 Å². The number of hydrogen-bond donors (Lipinski definition) is 2. The fraction of sp³-hybridized carbons (Fsp3) is 0.188. The van der Waals surface area contributed by atoms with E-state index in [4.69, 9.17) is 11.6 Å². The Labute approximate surface area is 140 Å². The van der Waals surface area contributed by atoms with Crippen LogP contribution in [0.5, 0.6) is 0 Å². The molecular weight excluding hydrogens is 336 g/mol. The van der Waals surface area contributed by atoms with E-state index in [0.29, 0.717) is 10.7 Å².